The van der Waals surface area contributed by atoms with Gasteiger partial charge in [0.15, 0.2) is 0 Å². The zero-order chi connectivity index (χ0) is 16.7. The first-order chi connectivity index (χ1) is 11.7. The van der Waals surface area contributed by atoms with Crippen LogP contribution in [0.5, 0.6) is 11.5 Å². The van der Waals surface area contributed by atoms with E-state index in [1.165, 1.54) is 18.4 Å². The number of rotatable bonds is 4. The maximum Gasteiger partial charge on any atom is 0.134 e. The number of nitrogens with zero attached hydrogens (tertiary/aromatic N) is 4. The molecule has 0 amide bonds. The summed E-state index contributed by atoms with van der Waals surface area (Å²) in [5.41, 5.74) is 1.21. The Hall–Kier alpha value is -2.08. The van der Waals surface area contributed by atoms with Gasteiger partial charge in [0, 0.05) is 43.2 Å². The number of hydrogen-bond acceptors (Lipinski definition) is 5. The SMILES string of the molecule is COc1ccc(CN2[C@@H]3CC[C@H]2Cc2nnc(C)n2C3)c(OC)c1. The van der Waals surface area contributed by atoms with E-state index in [1.807, 2.05) is 19.1 Å². The third-order valence-corrected chi connectivity index (χ3v) is 5.44. The molecule has 1 aromatic heterocycles. The van der Waals surface area contributed by atoms with Crippen molar-refractivity contribution < 1.29 is 9.47 Å². The topological polar surface area (TPSA) is 52.4 Å². The molecule has 0 spiro atoms. The van der Waals surface area contributed by atoms with Crippen LogP contribution in [-0.4, -0.2) is 46.0 Å². The standard InChI is InChI=1S/C18H24N4O2/c1-12-19-20-18-8-14-5-6-15(11-21(12)18)22(14)10-13-4-7-16(23-2)9-17(13)24-3/h4,7,9,14-15H,5-6,8,10-11H2,1-3H3/t14-,15+/m0/s1. The molecule has 3 heterocycles. The minimum Gasteiger partial charge on any atom is -0.497 e. The molecule has 1 fully saturated rings. The van der Waals surface area contributed by atoms with Gasteiger partial charge in [-0.15, -0.1) is 10.2 Å². The number of methoxy groups -OCH3 is 2. The molecule has 6 nitrogen and oxygen atoms in total. The van der Waals surface area contributed by atoms with Crippen molar-refractivity contribution in [3.05, 3.63) is 35.4 Å². The molecule has 1 aromatic carbocycles. The molecule has 0 unspecified atom stereocenters. The normalized spacial score (nSPS) is 23.0. The predicted octanol–water partition coefficient (Wildman–Crippen LogP) is 2.19. The number of fused-ring (bicyclic) bond motifs is 3. The summed E-state index contributed by atoms with van der Waals surface area (Å²) in [6.45, 7) is 3.94. The molecule has 2 aliphatic rings. The van der Waals surface area contributed by atoms with Crippen LogP contribution in [0.1, 0.15) is 30.1 Å². The van der Waals surface area contributed by atoms with Gasteiger partial charge in [-0.1, -0.05) is 6.07 Å². The molecule has 2 bridgehead atoms. The number of aromatic nitrogens is 3. The Labute approximate surface area is 142 Å². The van der Waals surface area contributed by atoms with Crippen LogP contribution < -0.4 is 9.47 Å². The van der Waals surface area contributed by atoms with Gasteiger partial charge in [-0.05, 0) is 25.8 Å². The van der Waals surface area contributed by atoms with Gasteiger partial charge < -0.3 is 14.0 Å². The second-order valence-electron chi connectivity index (χ2n) is 6.71. The predicted molar refractivity (Wildman–Crippen MR) is 90.4 cm³/mol. The molecule has 2 aliphatic heterocycles. The van der Waals surface area contributed by atoms with Crippen LogP contribution in [0.2, 0.25) is 0 Å². The van der Waals surface area contributed by atoms with Gasteiger partial charge in [0.1, 0.15) is 23.1 Å². The van der Waals surface area contributed by atoms with Crippen LogP contribution in [0.15, 0.2) is 18.2 Å². The minimum absolute atomic E-state index is 0.534. The molecular formula is C18H24N4O2. The van der Waals surface area contributed by atoms with E-state index >= 15 is 0 Å². The smallest absolute Gasteiger partial charge is 0.134 e. The fourth-order valence-electron chi connectivity index (χ4n) is 4.10. The lowest BCUT2D eigenvalue weighted by Gasteiger charge is -2.28. The van der Waals surface area contributed by atoms with E-state index in [-0.39, 0.29) is 0 Å². The van der Waals surface area contributed by atoms with Gasteiger partial charge in [0.05, 0.1) is 14.2 Å². The summed E-state index contributed by atoms with van der Waals surface area (Å²) in [6, 6.07) is 7.17. The van der Waals surface area contributed by atoms with E-state index in [1.54, 1.807) is 14.2 Å². The van der Waals surface area contributed by atoms with E-state index in [4.69, 9.17) is 9.47 Å². The van der Waals surface area contributed by atoms with Crippen LogP contribution in [0.25, 0.3) is 0 Å². The molecule has 128 valence electrons. The van der Waals surface area contributed by atoms with Crippen molar-refractivity contribution in [3.63, 3.8) is 0 Å². The van der Waals surface area contributed by atoms with Crippen molar-refractivity contribution in [3.8, 4) is 11.5 Å². The van der Waals surface area contributed by atoms with Crippen molar-refractivity contribution in [2.45, 2.75) is 51.4 Å². The largest absolute Gasteiger partial charge is 0.497 e. The summed E-state index contributed by atoms with van der Waals surface area (Å²) in [6.07, 6.45) is 3.45. The molecule has 0 saturated carbocycles. The van der Waals surface area contributed by atoms with Gasteiger partial charge >= 0.3 is 0 Å². The van der Waals surface area contributed by atoms with Crippen LogP contribution in [-0.2, 0) is 19.5 Å². The molecule has 2 aromatic rings. The first-order valence-corrected chi connectivity index (χ1v) is 8.55. The zero-order valence-electron chi connectivity index (χ0n) is 14.5. The number of aryl methyl sites for hydroxylation is 1. The molecule has 2 atom stereocenters. The van der Waals surface area contributed by atoms with E-state index in [0.717, 1.165) is 42.7 Å². The fraction of sp³-hybridized carbons (Fsp3) is 0.556. The highest BCUT2D eigenvalue weighted by Gasteiger charge is 2.38. The number of ether oxygens (including phenoxy) is 2. The van der Waals surface area contributed by atoms with Crippen molar-refractivity contribution in [2.24, 2.45) is 0 Å². The van der Waals surface area contributed by atoms with Crippen LogP contribution in [0.4, 0.5) is 0 Å². The quantitative estimate of drug-likeness (QED) is 0.861. The Balaban J connectivity index is 1.60. The van der Waals surface area contributed by atoms with Gasteiger partial charge in [0.25, 0.3) is 0 Å². The van der Waals surface area contributed by atoms with E-state index < -0.39 is 0 Å². The van der Waals surface area contributed by atoms with Gasteiger partial charge in [0.2, 0.25) is 0 Å². The highest BCUT2D eigenvalue weighted by Crippen LogP contribution is 2.35. The van der Waals surface area contributed by atoms with E-state index in [9.17, 15) is 0 Å². The van der Waals surface area contributed by atoms with E-state index in [0.29, 0.717) is 12.1 Å². The molecular weight excluding hydrogens is 304 g/mol. The fourth-order valence-corrected chi connectivity index (χ4v) is 4.10. The highest BCUT2D eigenvalue weighted by atomic mass is 16.5. The summed E-state index contributed by atoms with van der Waals surface area (Å²) in [5, 5.41) is 8.63. The maximum atomic E-state index is 5.58. The first kappa shape index (κ1) is 15.4. The monoisotopic (exact) mass is 328 g/mol. The van der Waals surface area contributed by atoms with Crippen molar-refractivity contribution in [1.82, 2.24) is 19.7 Å². The lowest BCUT2D eigenvalue weighted by Crippen LogP contribution is -2.36. The summed E-state index contributed by atoms with van der Waals surface area (Å²) >= 11 is 0. The van der Waals surface area contributed by atoms with Crippen LogP contribution in [0, 0.1) is 6.92 Å². The van der Waals surface area contributed by atoms with Crippen molar-refractivity contribution in [1.29, 1.82) is 0 Å². The molecule has 0 N–H and O–H groups in total. The molecule has 6 heteroatoms. The first-order valence-electron chi connectivity index (χ1n) is 8.55. The Morgan fingerprint density at radius 2 is 1.96 bits per heavy atom. The van der Waals surface area contributed by atoms with Crippen molar-refractivity contribution in [2.75, 3.05) is 14.2 Å². The molecule has 24 heavy (non-hydrogen) atoms. The Kier molecular flexibility index (Phi) is 3.92. The summed E-state index contributed by atoms with van der Waals surface area (Å²) in [7, 11) is 3.40. The molecule has 4 rings (SSSR count). The van der Waals surface area contributed by atoms with Crippen LogP contribution >= 0.6 is 0 Å². The number of hydrogen-bond donors (Lipinski definition) is 0. The maximum absolute atomic E-state index is 5.58. The summed E-state index contributed by atoms with van der Waals surface area (Å²) < 4.78 is 13.2. The Morgan fingerprint density at radius 3 is 2.75 bits per heavy atom. The van der Waals surface area contributed by atoms with Crippen molar-refractivity contribution >= 4 is 0 Å². The Bertz CT molecular complexity index is 743. The third-order valence-electron chi connectivity index (χ3n) is 5.44. The summed E-state index contributed by atoms with van der Waals surface area (Å²) in [5.74, 6) is 3.88. The van der Waals surface area contributed by atoms with Crippen LogP contribution in [0.3, 0.4) is 0 Å². The lowest BCUT2D eigenvalue weighted by atomic mass is 10.1. The van der Waals surface area contributed by atoms with Gasteiger partial charge in [-0.2, -0.15) is 0 Å². The molecule has 0 radical (unpaired) electrons. The average molecular weight is 328 g/mol. The highest BCUT2D eigenvalue weighted by molar-refractivity contribution is 5.40. The summed E-state index contributed by atoms with van der Waals surface area (Å²) in [4.78, 5) is 2.62. The minimum atomic E-state index is 0.534. The van der Waals surface area contributed by atoms with Gasteiger partial charge in [-0.3, -0.25) is 4.90 Å². The zero-order valence-corrected chi connectivity index (χ0v) is 14.5. The van der Waals surface area contributed by atoms with Gasteiger partial charge in [-0.25, -0.2) is 0 Å². The third kappa shape index (κ3) is 2.55. The molecule has 0 aliphatic carbocycles. The average Bonchev–Trinajstić information content (AvgIpc) is 3.07. The second kappa shape index (κ2) is 6.09. The molecule has 1 saturated heterocycles. The Morgan fingerprint density at radius 1 is 1.12 bits per heavy atom. The van der Waals surface area contributed by atoms with E-state index in [2.05, 4.69) is 25.7 Å². The second-order valence-corrected chi connectivity index (χ2v) is 6.71. The number of benzene rings is 1. The lowest BCUT2D eigenvalue weighted by molar-refractivity contribution is 0.178.